The smallest absolute Gasteiger partial charge is 0.156 e. The minimum Gasteiger partial charge on any atom is -0.490 e. The molecule has 3 heterocycles. The average Bonchev–Trinajstić information content (AvgIpc) is 3.05. The molecular formula is C20H24N4O2. The molecule has 1 fully saturated rings. The van der Waals surface area contributed by atoms with E-state index in [0.717, 1.165) is 43.3 Å². The van der Waals surface area contributed by atoms with Crippen molar-refractivity contribution >= 4 is 16.7 Å². The quantitative estimate of drug-likeness (QED) is 0.706. The van der Waals surface area contributed by atoms with Crippen LogP contribution < -0.4 is 9.64 Å². The molecule has 4 rings (SSSR count). The zero-order chi connectivity index (χ0) is 17.9. The Hall–Kier alpha value is -2.60. The number of methoxy groups -OCH3 is 1. The number of piperidine rings is 1. The number of hydrogen-bond acceptors (Lipinski definition) is 5. The normalized spacial score (nSPS) is 15.5. The molecule has 0 atom stereocenters. The summed E-state index contributed by atoms with van der Waals surface area (Å²) in [5.74, 6) is 2.67. The second kappa shape index (κ2) is 7.33. The summed E-state index contributed by atoms with van der Waals surface area (Å²) in [7, 11) is 3.72. The molecule has 0 saturated carbocycles. The van der Waals surface area contributed by atoms with E-state index in [1.807, 2.05) is 6.07 Å². The van der Waals surface area contributed by atoms with E-state index >= 15 is 0 Å². The van der Waals surface area contributed by atoms with Crippen LogP contribution in [0.3, 0.4) is 0 Å². The van der Waals surface area contributed by atoms with Gasteiger partial charge in [-0.25, -0.2) is 9.97 Å². The minimum atomic E-state index is 0.234. The molecule has 0 aliphatic carbocycles. The van der Waals surface area contributed by atoms with Gasteiger partial charge in [-0.3, -0.25) is 0 Å². The van der Waals surface area contributed by atoms with Crippen molar-refractivity contribution in [3.63, 3.8) is 0 Å². The van der Waals surface area contributed by atoms with E-state index in [2.05, 4.69) is 56.9 Å². The predicted molar refractivity (Wildman–Crippen MR) is 102 cm³/mol. The monoisotopic (exact) mass is 352 g/mol. The molecule has 3 aromatic rings. The number of aromatic nitrogens is 3. The SMILES string of the molecule is COCc1nccc(N2CCC(Oc3cccc4c3ccn4C)CC2)n1. The van der Waals surface area contributed by atoms with Gasteiger partial charge in [-0.2, -0.15) is 0 Å². The van der Waals surface area contributed by atoms with Gasteiger partial charge in [0, 0.05) is 57.9 Å². The first-order valence-corrected chi connectivity index (χ1v) is 9.01. The Balaban J connectivity index is 1.41. The summed E-state index contributed by atoms with van der Waals surface area (Å²) in [5, 5.41) is 1.18. The fraction of sp³-hybridized carbons (Fsp3) is 0.400. The molecule has 1 aliphatic rings. The zero-order valence-electron chi connectivity index (χ0n) is 15.3. The number of ether oxygens (including phenoxy) is 2. The number of benzene rings is 1. The third-order valence-corrected chi connectivity index (χ3v) is 4.91. The first-order chi connectivity index (χ1) is 12.7. The van der Waals surface area contributed by atoms with Crippen LogP contribution in [0.15, 0.2) is 42.7 Å². The Labute approximate surface area is 153 Å². The Kier molecular flexibility index (Phi) is 4.75. The molecular weight excluding hydrogens is 328 g/mol. The summed E-state index contributed by atoms with van der Waals surface area (Å²) in [6.07, 6.45) is 6.07. The van der Waals surface area contributed by atoms with Crippen molar-refractivity contribution in [3.8, 4) is 5.75 Å². The van der Waals surface area contributed by atoms with E-state index in [-0.39, 0.29) is 6.10 Å². The van der Waals surface area contributed by atoms with Crippen molar-refractivity contribution in [2.45, 2.75) is 25.6 Å². The Morgan fingerprint density at radius 1 is 1.15 bits per heavy atom. The van der Waals surface area contributed by atoms with Gasteiger partial charge >= 0.3 is 0 Å². The first-order valence-electron chi connectivity index (χ1n) is 9.01. The maximum absolute atomic E-state index is 6.34. The molecule has 6 heteroatoms. The molecule has 136 valence electrons. The van der Waals surface area contributed by atoms with E-state index in [9.17, 15) is 0 Å². The molecule has 1 saturated heterocycles. The van der Waals surface area contributed by atoms with Crippen LogP contribution in [0.5, 0.6) is 5.75 Å². The third kappa shape index (κ3) is 3.37. The molecule has 26 heavy (non-hydrogen) atoms. The van der Waals surface area contributed by atoms with Crippen LogP contribution in [-0.4, -0.2) is 40.8 Å². The van der Waals surface area contributed by atoms with Gasteiger partial charge in [0.15, 0.2) is 5.82 Å². The number of nitrogens with zero attached hydrogens (tertiary/aromatic N) is 4. The molecule has 1 aromatic carbocycles. The molecule has 0 radical (unpaired) electrons. The van der Waals surface area contributed by atoms with Crippen LogP contribution in [0.2, 0.25) is 0 Å². The second-order valence-corrected chi connectivity index (χ2v) is 6.68. The van der Waals surface area contributed by atoms with Gasteiger partial charge in [-0.1, -0.05) is 6.07 Å². The van der Waals surface area contributed by atoms with Crippen molar-refractivity contribution in [3.05, 3.63) is 48.5 Å². The standard InChI is InChI=1S/C20H24N4O2/c1-23-11-9-16-17(23)4-3-5-18(16)26-15-7-12-24(13-8-15)20-6-10-21-19(22-20)14-25-2/h3-6,9-11,15H,7-8,12-14H2,1-2H3. The molecule has 1 aliphatic heterocycles. The molecule has 0 amide bonds. The summed E-state index contributed by atoms with van der Waals surface area (Å²) >= 11 is 0. The summed E-state index contributed by atoms with van der Waals surface area (Å²) in [6.45, 7) is 2.30. The molecule has 6 nitrogen and oxygen atoms in total. The number of fused-ring (bicyclic) bond motifs is 1. The van der Waals surface area contributed by atoms with Crippen LogP contribution in [0, 0.1) is 0 Å². The summed E-state index contributed by atoms with van der Waals surface area (Å²) < 4.78 is 13.6. The molecule has 0 bridgehead atoms. The minimum absolute atomic E-state index is 0.234. The Morgan fingerprint density at radius 3 is 2.81 bits per heavy atom. The Morgan fingerprint density at radius 2 is 2.00 bits per heavy atom. The number of anilines is 1. The largest absolute Gasteiger partial charge is 0.490 e. The van der Waals surface area contributed by atoms with Crippen molar-refractivity contribution < 1.29 is 9.47 Å². The highest BCUT2D eigenvalue weighted by Gasteiger charge is 2.22. The van der Waals surface area contributed by atoms with Gasteiger partial charge in [0.05, 0.1) is 5.52 Å². The molecule has 0 N–H and O–H groups in total. The summed E-state index contributed by atoms with van der Waals surface area (Å²) in [6, 6.07) is 10.3. The van der Waals surface area contributed by atoms with Crippen LogP contribution in [0.4, 0.5) is 5.82 Å². The maximum Gasteiger partial charge on any atom is 0.156 e. The zero-order valence-corrected chi connectivity index (χ0v) is 15.3. The van der Waals surface area contributed by atoms with E-state index < -0.39 is 0 Å². The Bertz CT molecular complexity index is 884. The summed E-state index contributed by atoms with van der Waals surface area (Å²) in [5.41, 5.74) is 1.20. The average molecular weight is 352 g/mol. The molecule has 0 spiro atoms. The molecule has 2 aromatic heterocycles. The topological polar surface area (TPSA) is 52.4 Å². The van der Waals surface area contributed by atoms with Crippen LogP contribution in [-0.2, 0) is 18.4 Å². The van der Waals surface area contributed by atoms with Gasteiger partial charge in [-0.15, -0.1) is 0 Å². The van der Waals surface area contributed by atoms with Crippen molar-refractivity contribution in [1.82, 2.24) is 14.5 Å². The molecule has 0 unspecified atom stereocenters. The van der Waals surface area contributed by atoms with Crippen LogP contribution >= 0.6 is 0 Å². The second-order valence-electron chi connectivity index (χ2n) is 6.68. The fourth-order valence-corrected chi connectivity index (χ4v) is 3.52. The maximum atomic E-state index is 6.34. The highest BCUT2D eigenvalue weighted by Crippen LogP contribution is 2.29. The van der Waals surface area contributed by atoms with Gasteiger partial charge in [-0.05, 0) is 24.3 Å². The van der Waals surface area contributed by atoms with Gasteiger partial charge in [0.25, 0.3) is 0 Å². The van der Waals surface area contributed by atoms with Gasteiger partial charge in [0.1, 0.15) is 24.3 Å². The van der Waals surface area contributed by atoms with Gasteiger partial charge in [0.2, 0.25) is 0 Å². The van der Waals surface area contributed by atoms with Crippen molar-refractivity contribution in [2.24, 2.45) is 7.05 Å². The fourth-order valence-electron chi connectivity index (χ4n) is 3.52. The van der Waals surface area contributed by atoms with E-state index in [0.29, 0.717) is 6.61 Å². The van der Waals surface area contributed by atoms with Crippen molar-refractivity contribution in [1.29, 1.82) is 0 Å². The lowest BCUT2D eigenvalue weighted by Crippen LogP contribution is -2.38. The first kappa shape index (κ1) is 16.8. The number of aryl methyl sites for hydroxylation is 1. The third-order valence-electron chi connectivity index (χ3n) is 4.91. The lowest BCUT2D eigenvalue weighted by molar-refractivity contribution is 0.172. The highest BCUT2D eigenvalue weighted by atomic mass is 16.5. The van der Waals surface area contributed by atoms with Gasteiger partial charge < -0.3 is 18.9 Å². The van der Waals surface area contributed by atoms with Crippen LogP contribution in [0.25, 0.3) is 10.9 Å². The number of hydrogen-bond donors (Lipinski definition) is 0. The lowest BCUT2D eigenvalue weighted by atomic mass is 10.1. The van der Waals surface area contributed by atoms with Crippen molar-refractivity contribution in [2.75, 3.05) is 25.1 Å². The number of rotatable bonds is 5. The van der Waals surface area contributed by atoms with E-state index in [4.69, 9.17) is 9.47 Å². The lowest BCUT2D eigenvalue weighted by Gasteiger charge is -2.33. The highest BCUT2D eigenvalue weighted by molar-refractivity contribution is 5.86. The predicted octanol–water partition coefficient (Wildman–Crippen LogP) is 3.16. The van der Waals surface area contributed by atoms with E-state index in [1.54, 1.807) is 13.3 Å². The van der Waals surface area contributed by atoms with Crippen LogP contribution in [0.1, 0.15) is 18.7 Å². The summed E-state index contributed by atoms with van der Waals surface area (Å²) in [4.78, 5) is 11.1. The van der Waals surface area contributed by atoms with E-state index in [1.165, 1.54) is 10.9 Å².